The highest BCUT2D eigenvalue weighted by Gasteiger charge is 1.97. The van der Waals surface area contributed by atoms with Crippen LogP contribution in [0.3, 0.4) is 0 Å². The van der Waals surface area contributed by atoms with Crippen molar-refractivity contribution in [1.82, 2.24) is 15.0 Å². The second kappa shape index (κ2) is 4.02. The lowest BCUT2D eigenvalue weighted by molar-refractivity contribution is 0.276. The summed E-state index contributed by atoms with van der Waals surface area (Å²) in [6.07, 6.45) is 2.05. The van der Waals surface area contributed by atoms with Gasteiger partial charge in [-0.05, 0) is 6.42 Å². The van der Waals surface area contributed by atoms with Gasteiger partial charge in [-0.3, -0.25) is 9.07 Å². The summed E-state index contributed by atoms with van der Waals surface area (Å²) >= 11 is 0. The summed E-state index contributed by atoms with van der Waals surface area (Å²) in [5, 5.41) is 15.9. The summed E-state index contributed by atoms with van der Waals surface area (Å²) in [6.45, 7) is 0.0491. The van der Waals surface area contributed by atoms with Crippen LogP contribution in [0.1, 0.15) is 12.1 Å². The van der Waals surface area contributed by atoms with Crippen LogP contribution in [-0.2, 0) is 13.2 Å². The first-order chi connectivity index (χ1) is 5.36. The maximum absolute atomic E-state index is 11.7. The summed E-state index contributed by atoms with van der Waals surface area (Å²) in [5.74, 6) is 0. The van der Waals surface area contributed by atoms with E-state index in [4.69, 9.17) is 5.11 Å². The molecule has 1 aromatic rings. The topological polar surface area (TPSA) is 50.9 Å². The van der Waals surface area contributed by atoms with Crippen LogP contribution in [0.2, 0.25) is 0 Å². The molecule has 1 rings (SSSR count). The van der Waals surface area contributed by atoms with E-state index in [1.165, 1.54) is 4.68 Å². The summed E-state index contributed by atoms with van der Waals surface area (Å²) in [6, 6.07) is 0. The Morgan fingerprint density at radius 3 is 3.00 bits per heavy atom. The molecule has 1 heterocycles. The van der Waals surface area contributed by atoms with Gasteiger partial charge in [-0.25, -0.2) is 0 Å². The van der Waals surface area contributed by atoms with Crippen molar-refractivity contribution in [3.05, 3.63) is 11.9 Å². The smallest absolute Gasteiger partial charge is 0.108 e. The average molecular weight is 159 g/mol. The van der Waals surface area contributed by atoms with Crippen LogP contribution in [0, 0.1) is 0 Å². The predicted octanol–water partition coefficient (Wildman–Crippen LogP) is 0.130. The van der Waals surface area contributed by atoms with Gasteiger partial charge >= 0.3 is 0 Å². The molecule has 0 spiro atoms. The van der Waals surface area contributed by atoms with Gasteiger partial charge in [0.1, 0.15) is 5.69 Å². The van der Waals surface area contributed by atoms with Crippen molar-refractivity contribution in [3.8, 4) is 0 Å². The van der Waals surface area contributed by atoms with Gasteiger partial charge in [0.2, 0.25) is 0 Å². The number of alkyl halides is 1. The first-order valence-corrected chi connectivity index (χ1v) is 3.42. The lowest BCUT2D eigenvalue weighted by Gasteiger charge is -1.93. The van der Waals surface area contributed by atoms with Gasteiger partial charge in [-0.15, -0.1) is 5.10 Å². The molecule has 0 unspecified atom stereocenters. The zero-order chi connectivity index (χ0) is 8.10. The maximum Gasteiger partial charge on any atom is 0.108 e. The van der Waals surface area contributed by atoms with E-state index < -0.39 is 0 Å². The van der Waals surface area contributed by atoms with E-state index in [0.717, 1.165) is 0 Å². The average Bonchev–Trinajstić information content (AvgIpc) is 2.48. The second-order valence-corrected chi connectivity index (χ2v) is 2.17. The quantitative estimate of drug-likeness (QED) is 0.679. The Balaban J connectivity index is 2.44. The van der Waals surface area contributed by atoms with Crippen molar-refractivity contribution in [2.75, 3.05) is 6.67 Å². The molecule has 1 N–H and O–H groups in total. The number of aliphatic hydroxyl groups is 1. The van der Waals surface area contributed by atoms with Crippen molar-refractivity contribution in [2.24, 2.45) is 0 Å². The monoisotopic (exact) mass is 159 g/mol. The molecule has 0 amide bonds. The Morgan fingerprint density at radius 1 is 1.64 bits per heavy atom. The fourth-order valence-electron chi connectivity index (χ4n) is 0.742. The Labute approximate surface area is 63.6 Å². The Morgan fingerprint density at radius 2 is 2.45 bits per heavy atom. The van der Waals surface area contributed by atoms with Gasteiger partial charge < -0.3 is 5.11 Å². The third kappa shape index (κ3) is 2.27. The molecule has 0 aliphatic carbocycles. The largest absolute Gasteiger partial charge is 0.390 e. The van der Waals surface area contributed by atoms with Crippen LogP contribution in [-0.4, -0.2) is 26.8 Å². The van der Waals surface area contributed by atoms with E-state index >= 15 is 0 Å². The number of aryl methyl sites for hydroxylation is 1. The minimum Gasteiger partial charge on any atom is -0.390 e. The van der Waals surface area contributed by atoms with E-state index in [0.29, 0.717) is 18.7 Å². The highest BCUT2D eigenvalue weighted by Crippen LogP contribution is 1.93. The molecule has 0 aliphatic rings. The van der Waals surface area contributed by atoms with Crippen molar-refractivity contribution >= 4 is 0 Å². The van der Waals surface area contributed by atoms with Crippen LogP contribution in [0.25, 0.3) is 0 Å². The highest BCUT2D eigenvalue weighted by atomic mass is 19.1. The molecule has 0 aliphatic heterocycles. The summed E-state index contributed by atoms with van der Waals surface area (Å²) in [4.78, 5) is 0. The van der Waals surface area contributed by atoms with Crippen molar-refractivity contribution in [3.63, 3.8) is 0 Å². The molecule has 0 atom stereocenters. The number of halogens is 1. The Hall–Kier alpha value is -0.970. The first kappa shape index (κ1) is 8.13. The molecular weight excluding hydrogens is 149 g/mol. The molecule has 0 saturated heterocycles. The first-order valence-electron chi connectivity index (χ1n) is 3.42. The van der Waals surface area contributed by atoms with Crippen LogP contribution in [0.4, 0.5) is 4.39 Å². The Kier molecular flexibility index (Phi) is 2.97. The number of nitrogens with zero attached hydrogens (tertiary/aromatic N) is 3. The standard InChI is InChI=1S/C6H10FN3O/c7-2-1-3-10-4-6(5-11)8-9-10/h4,11H,1-3,5H2. The number of hydrogen-bond donors (Lipinski definition) is 1. The normalized spacial score (nSPS) is 10.4. The van der Waals surface area contributed by atoms with Gasteiger partial charge in [-0.2, -0.15) is 0 Å². The van der Waals surface area contributed by atoms with E-state index in [9.17, 15) is 4.39 Å². The molecule has 1 aromatic heterocycles. The van der Waals surface area contributed by atoms with Gasteiger partial charge in [-0.1, -0.05) is 5.21 Å². The van der Waals surface area contributed by atoms with Crippen LogP contribution >= 0.6 is 0 Å². The third-order valence-electron chi connectivity index (χ3n) is 1.27. The van der Waals surface area contributed by atoms with Crippen LogP contribution in [0.5, 0.6) is 0 Å². The third-order valence-corrected chi connectivity index (χ3v) is 1.27. The van der Waals surface area contributed by atoms with E-state index in [-0.39, 0.29) is 13.3 Å². The van der Waals surface area contributed by atoms with Gasteiger partial charge in [0.15, 0.2) is 0 Å². The number of hydrogen-bond acceptors (Lipinski definition) is 3. The second-order valence-electron chi connectivity index (χ2n) is 2.17. The lowest BCUT2D eigenvalue weighted by atomic mass is 10.4. The highest BCUT2D eigenvalue weighted by molar-refractivity contribution is 4.88. The number of rotatable bonds is 4. The van der Waals surface area contributed by atoms with E-state index in [2.05, 4.69) is 10.3 Å². The van der Waals surface area contributed by atoms with E-state index in [1.807, 2.05) is 0 Å². The lowest BCUT2D eigenvalue weighted by Crippen LogP contribution is -1.99. The molecule has 5 heteroatoms. The molecule has 4 nitrogen and oxygen atoms in total. The number of aromatic nitrogens is 3. The molecule has 0 bridgehead atoms. The molecular formula is C6H10FN3O. The fourth-order valence-corrected chi connectivity index (χ4v) is 0.742. The maximum atomic E-state index is 11.7. The van der Waals surface area contributed by atoms with Gasteiger partial charge in [0, 0.05) is 6.54 Å². The molecule has 62 valence electrons. The minimum atomic E-state index is -0.353. The summed E-state index contributed by atoms with van der Waals surface area (Å²) in [7, 11) is 0. The SMILES string of the molecule is OCc1cn(CCCF)nn1. The van der Waals surface area contributed by atoms with E-state index in [1.54, 1.807) is 6.20 Å². The number of aliphatic hydroxyl groups excluding tert-OH is 1. The van der Waals surface area contributed by atoms with Gasteiger partial charge in [0.05, 0.1) is 19.5 Å². The molecule has 0 radical (unpaired) electrons. The summed E-state index contributed by atoms with van der Waals surface area (Å²) in [5.41, 5.74) is 0.517. The van der Waals surface area contributed by atoms with Crippen molar-refractivity contribution < 1.29 is 9.50 Å². The van der Waals surface area contributed by atoms with Gasteiger partial charge in [0.25, 0.3) is 0 Å². The Bertz CT molecular complexity index is 213. The van der Waals surface area contributed by atoms with Crippen LogP contribution in [0.15, 0.2) is 6.20 Å². The minimum absolute atomic E-state index is 0.115. The predicted molar refractivity (Wildman–Crippen MR) is 36.5 cm³/mol. The zero-order valence-electron chi connectivity index (χ0n) is 6.07. The molecule has 0 fully saturated rings. The van der Waals surface area contributed by atoms with Crippen molar-refractivity contribution in [2.45, 2.75) is 19.6 Å². The molecule has 0 saturated carbocycles. The summed E-state index contributed by atoms with van der Waals surface area (Å²) < 4.78 is 13.2. The molecule has 0 aromatic carbocycles. The van der Waals surface area contributed by atoms with Crippen LogP contribution < -0.4 is 0 Å². The zero-order valence-corrected chi connectivity index (χ0v) is 6.07. The fraction of sp³-hybridized carbons (Fsp3) is 0.667. The molecule has 11 heavy (non-hydrogen) atoms. The van der Waals surface area contributed by atoms with Crippen molar-refractivity contribution in [1.29, 1.82) is 0 Å².